The van der Waals surface area contributed by atoms with E-state index in [9.17, 15) is 4.79 Å². The lowest BCUT2D eigenvalue weighted by molar-refractivity contribution is 0.0394. The molecule has 1 atom stereocenters. The number of pyridine rings is 1. The number of carbonyl (C=O) groups is 1. The summed E-state index contributed by atoms with van der Waals surface area (Å²) in [6, 6.07) is 14.1. The van der Waals surface area contributed by atoms with Crippen LogP contribution in [0.25, 0.3) is 0 Å². The van der Waals surface area contributed by atoms with Gasteiger partial charge in [-0.1, -0.05) is 24.3 Å². The number of fused-ring (bicyclic) bond motifs is 1. The van der Waals surface area contributed by atoms with E-state index in [1.54, 1.807) is 0 Å². The summed E-state index contributed by atoms with van der Waals surface area (Å²) in [6.45, 7) is 6.51. The summed E-state index contributed by atoms with van der Waals surface area (Å²) in [4.78, 5) is 23.8. The number of anilines is 1. The number of aromatic nitrogens is 1. The molecule has 1 aromatic heterocycles. The first-order chi connectivity index (χ1) is 11.8. The molecule has 5 heteroatoms. The number of piperazine rings is 1. The Hall–Kier alpha value is -2.40. The van der Waals surface area contributed by atoms with Gasteiger partial charge in [-0.2, -0.15) is 0 Å². The van der Waals surface area contributed by atoms with E-state index in [0.29, 0.717) is 0 Å². The van der Waals surface area contributed by atoms with Gasteiger partial charge in [-0.3, -0.25) is 9.69 Å². The van der Waals surface area contributed by atoms with Gasteiger partial charge in [-0.15, -0.1) is 0 Å². The highest BCUT2D eigenvalue weighted by Gasteiger charge is 2.39. The number of hydrogen-bond donors (Lipinski definition) is 0. The van der Waals surface area contributed by atoms with Crippen LogP contribution in [0.1, 0.15) is 29.0 Å². The molecule has 2 aliphatic heterocycles. The van der Waals surface area contributed by atoms with Crippen molar-refractivity contribution in [2.45, 2.75) is 13.1 Å². The minimum absolute atomic E-state index is 0.0737. The minimum Gasteiger partial charge on any atom is -0.354 e. The van der Waals surface area contributed by atoms with Crippen molar-refractivity contribution >= 4 is 11.7 Å². The van der Waals surface area contributed by atoms with Crippen molar-refractivity contribution < 1.29 is 4.79 Å². The second-order valence-electron chi connectivity index (χ2n) is 6.26. The zero-order chi connectivity index (χ0) is 16.5. The number of carbonyl (C=O) groups excluding carboxylic acids is 1. The SMILES string of the molecule is CCN1C(=O)c2ccccc2C1N1CCN(c2ccccn2)CC1. The van der Waals surface area contributed by atoms with Gasteiger partial charge in [0.1, 0.15) is 12.0 Å². The van der Waals surface area contributed by atoms with Crippen LogP contribution >= 0.6 is 0 Å². The molecule has 1 amide bonds. The molecule has 124 valence electrons. The summed E-state index contributed by atoms with van der Waals surface area (Å²) >= 11 is 0. The van der Waals surface area contributed by atoms with Gasteiger partial charge in [0.2, 0.25) is 0 Å². The molecule has 1 saturated heterocycles. The largest absolute Gasteiger partial charge is 0.354 e. The number of nitrogens with zero attached hydrogens (tertiary/aromatic N) is 4. The van der Waals surface area contributed by atoms with Gasteiger partial charge in [0.05, 0.1) is 0 Å². The maximum Gasteiger partial charge on any atom is 0.255 e. The number of amides is 1. The molecule has 2 aromatic rings. The fourth-order valence-corrected chi connectivity index (χ4v) is 3.80. The van der Waals surface area contributed by atoms with E-state index >= 15 is 0 Å². The van der Waals surface area contributed by atoms with E-state index in [-0.39, 0.29) is 12.1 Å². The van der Waals surface area contributed by atoms with Gasteiger partial charge in [-0.25, -0.2) is 4.98 Å². The predicted molar refractivity (Wildman–Crippen MR) is 93.9 cm³/mol. The Morgan fingerprint density at radius 2 is 1.79 bits per heavy atom. The topological polar surface area (TPSA) is 39.7 Å². The molecule has 1 aromatic carbocycles. The molecule has 0 radical (unpaired) electrons. The van der Waals surface area contributed by atoms with Crippen LogP contribution in [0.4, 0.5) is 5.82 Å². The normalized spacial score (nSPS) is 21.2. The molecule has 0 saturated carbocycles. The second kappa shape index (κ2) is 6.24. The Morgan fingerprint density at radius 3 is 2.50 bits per heavy atom. The summed E-state index contributed by atoms with van der Waals surface area (Å²) in [6.07, 6.45) is 1.91. The Bertz CT molecular complexity index is 725. The van der Waals surface area contributed by atoms with Gasteiger partial charge in [0, 0.05) is 50.0 Å². The van der Waals surface area contributed by atoms with Crippen LogP contribution in [-0.2, 0) is 0 Å². The van der Waals surface area contributed by atoms with Crippen LogP contribution in [0.5, 0.6) is 0 Å². The van der Waals surface area contributed by atoms with Crippen molar-refractivity contribution in [3.05, 3.63) is 59.8 Å². The molecule has 0 spiro atoms. The molecule has 24 heavy (non-hydrogen) atoms. The summed E-state index contributed by atoms with van der Waals surface area (Å²) in [7, 11) is 0. The summed E-state index contributed by atoms with van der Waals surface area (Å²) in [5.41, 5.74) is 2.01. The number of rotatable bonds is 3. The number of benzene rings is 1. The summed E-state index contributed by atoms with van der Waals surface area (Å²) in [5, 5.41) is 0. The average Bonchev–Trinajstić information content (AvgIpc) is 2.95. The average molecular weight is 322 g/mol. The Labute approximate surface area is 142 Å². The maximum atomic E-state index is 12.6. The third kappa shape index (κ3) is 2.45. The third-order valence-corrected chi connectivity index (χ3v) is 5.00. The van der Waals surface area contributed by atoms with Crippen LogP contribution < -0.4 is 4.90 Å². The van der Waals surface area contributed by atoms with Crippen molar-refractivity contribution in [3.63, 3.8) is 0 Å². The van der Waals surface area contributed by atoms with Crippen molar-refractivity contribution in [1.29, 1.82) is 0 Å². The standard InChI is InChI=1S/C19H22N4O/c1-2-23-18(15-7-3-4-8-16(15)19(23)24)22-13-11-21(12-14-22)17-9-5-6-10-20-17/h3-10,18H,2,11-14H2,1H3. The van der Waals surface area contributed by atoms with Crippen molar-refractivity contribution in [3.8, 4) is 0 Å². The first-order valence-corrected chi connectivity index (χ1v) is 8.59. The molecule has 0 N–H and O–H groups in total. The third-order valence-electron chi connectivity index (χ3n) is 5.00. The van der Waals surface area contributed by atoms with Gasteiger partial charge >= 0.3 is 0 Å². The van der Waals surface area contributed by atoms with Gasteiger partial charge in [0.15, 0.2) is 0 Å². The van der Waals surface area contributed by atoms with E-state index in [0.717, 1.165) is 49.7 Å². The molecule has 0 aliphatic carbocycles. The fraction of sp³-hybridized carbons (Fsp3) is 0.368. The lowest BCUT2D eigenvalue weighted by Crippen LogP contribution is -2.51. The Morgan fingerprint density at radius 1 is 1.04 bits per heavy atom. The first-order valence-electron chi connectivity index (χ1n) is 8.59. The second-order valence-corrected chi connectivity index (χ2v) is 6.26. The van der Waals surface area contributed by atoms with Gasteiger partial charge in [-0.05, 0) is 25.1 Å². The smallest absolute Gasteiger partial charge is 0.255 e. The molecule has 5 nitrogen and oxygen atoms in total. The molecule has 0 bridgehead atoms. The maximum absolute atomic E-state index is 12.6. The van der Waals surface area contributed by atoms with Crippen molar-refractivity contribution in [2.75, 3.05) is 37.6 Å². The van der Waals surface area contributed by atoms with E-state index in [2.05, 4.69) is 33.8 Å². The minimum atomic E-state index is 0.0737. The Balaban J connectivity index is 1.54. The molecule has 4 rings (SSSR count). The van der Waals surface area contributed by atoms with Crippen LogP contribution in [0.2, 0.25) is 0 Å². The summed E-state index contributed by atoms with van der Waals surface area (Å²) in [5.74, 6) is 1.19. The highest BCUT2D eigenvalue weighted by molar-refractivity contribution is 5.99. The monoisotopic (exact) mass is 322 g/mol. The zero-order valence-electron chi connectivity index (χ0n) is 13.9. The lowest BCUT2D eigenvalue weighted by Gasteiger charge is -2.41. The highest BCUT2D eigenvalue weighted by Crippen LogP contribution is 2.36. The fourth-order valence-electron chi connectivity index (χ4n) is 3.80. The molecule has 1 unspecified atom stereocenters. The summed E-state index contributed by atoms with van der Waals surface area (Å²) < 4.78 is 0. The lowest BCUT2D eigenvalue weighted by atomic mass is 10.1. The molecule has 2 aliphatic rings. The van der Waals surface area contributed by atoms with Gasteiger partial charge in [0.25, 0.3) is 5.91 Å². The number of hydrogen-bond acceptors (Lipinski definition) is 4. The van der Waals surface area contributed by atoms with E-state index < -0.39 is 0 Å². The van der Waals surface area contributed by atoms with E-state index in [1.165, 1.54) is 0 Å². The molecular formula is C19H22N4O. The zero-order valence-corrected chi connectivity index (χ0v) is 13.9. The van der Waals surface area contributed by atoms with Crippen LogP contribution in [0.3, 0.4) is 0 Å². The van der Waals surface area contributed by atoms with E-state index in [4.69, 9.17) is 0 Å². The molecular weight excluding hydrogens is 300 g/mol. The predicted octanol–water partition coefficient (Wildman–Crippen LogP) is 2.38. The highest BCUT2D eigenvalue weighted by atomic mass is 16.2. The van der Waals surface area contributed by atoms with E-state index in [1.807, 2.05) is 41.4 Å². The molecule has 3 heterocycles. The van der Waals surface area contributed by atoms with Crippen LogP contribution in [-0.4, -0.2) is 53.4 Å². The Kier molecular flexibility index (Phi) is 3.94. The van der Waals surface area contributed by atoms with Crippen molar-refractivity contribution in [2.24, 2.45) is 0 Å². The van der Waals surface area contributed by atoms with Gasteiger partial charge < -0.3 is 9.80 Å². The first kappa shape index (κ1) is 15.1. The van der Waals surface area contributed by atoms with Crippen molar-refractivity contribution in [1.82, 2.24) is 14.8 Å². The van der Waals surface area contributed by atoms with Crippen LogP contribution in [0, 0.1) is 0 Å². The molecule has 1 fully saturated rings. The quantitative estimate of drug-likeness (QED) is 0.870. The van der Waals surface area contributed by atoms with Crippen LogP contribution in [0.15, 0.2) is 48.7 Å².